The van der Waals surface area contributed by atoms with Crippen molar-refractivity contribution in [2.75, 3.05) is 6.54 Å². The zero-order chi connectivity index (χ0) is 15.2. The number of halogens is 1. The summed E-state index contributed by atoms with van der Waals surface area (Å²) in [6, 6.07) is 15.7. The van der Waals surface area contributed by atoms with E-state index in [4.69, 9.17) is 0 Å². The van der Waals surface area contributed by atoms with Gasteiger partial charge in [0.15, 0.2) is 0 Å². The lowest BCUT2D eigenvalue weighted by Gasteiger charge is -2.22. The lowest BCUT2D eigenvalue weighted by Crippen LogP contribution is -2.25. The maximum absolute atomic E-state index is 3.71. The number of nitrogens with one attached hydrogen (secondary N) is 1. The Morgan fingerprint density at radius 3 is 2.62 bits per heavy atom. The van der Waals surface area contributed by atoms with E-state index in [2.05, 4.69) is 84.5 Å². The molecule has 0 heterocycles. The van der Waals surface area contributed by atoms with Gasteiger partial charge in [-0.3, -0.25) is 0 Å². The molecule has 0 saturated heterocycles. The molecule has 0 aromatic heterocycles. The van der Waals surface area contributed by atoms with Crippen LogP contribution in [0.5, 0.6) is 0 Å². The fourth-order valence-corrected chi connectivity index (χ4v) is 3.09. The minimum atomic E-state index is 0.374. The molecule has 2 aromatic carbocycles. The lowest BCUT2D eigenvalue weighted by molar-refractivity contribution is 0.527. The van der Waals surface area contributed by atoms with E-state index in [0.717, 1.165) is 23.9 Å². The molecule has 1 unspecified atom stereocenters. The first kappa shape index (κ1) is 16.3. The van der Waals surface area contributed by atoms with Gasteiger partial charge in [-0.2, -0.15) is 0 Å². The average Bonchev–Trinajstić information content (AvgIpc) is 2.46. The molecule has 1 nitrogen and oxygen atoms in total. The number of rotatable bonds is 6. The minimum Gasteiger partial charge on any atom is -0.310 e. The Balaban J connectivity index is 2.27. The van der Waals surface area contributed by atoms with Crippen LogP contribution in [-0.2, 0) is 6.42 Å². The Morgan fingerprint density at radius 1 is 1.10 bits per heavy atom. The van der Waals surface area contributed by atoms with Crippen molar-refractivity contribution in [3.63, 3.8) is 0 Å². The van der Waals surface area contributed by atoms with Crippen LogP contribution in [0.4, 0.5) is 0 Å². The molecule has 0 saturated carbocycles. The highest BCUT2D eigenvalue weighted by atomic mass is 79.9. The lowest BCUT2D eigenvalue weighted by atomic mass is 9.94. The van der Waals surface area contributed by atoms with E-state index < -0.39 is 0 Å². The minimum absolute atomic E-state index is 0.374. The van der Waals surface area contributed by atoms with Gasteiger partial charge in [0.1, 0.15) is 0 Å². The van der Waals surface area contributed by atoms with Gasteiger partial charge in [0, 0.05) is 10.5 Å². The van der Waals surface area contributed by atoms with E-state index in [1.807, 2.05) is 0 Å². The topological polar surface area (TPSA) is 12.0 Å². The van der Waals surface area contributed by atoms with Crippen LogP contribution in [0.1, 0.15) is 41.6 Å². The monoisotopic (exact) mass is 345 g/mol. The molecule has 0 amide bonds. The molecular weight excluding hydrogens is 322 g/mol. The largest absolute Gasteiger partial charge is 0.310 e. The van der Waals surface area contributed by atoms with Crippen molar-refractivity contribution in [3.05, 3.63) is 69.2 Å². The van der Waals surface area contributed by atoms with Crippen LogP contribution in [0.2, 0.25) is 0 Å². The third kappa shape index (κ3) is 4.69. The fourth-order valence-electron chi connectivity index (χ4n) is 2.65. The summed E-state index contributed by atoms with van der Waals surface area (Å²) in [5, 5.41) is 3.71. The quantitative estimate of drug-likeness (QED) is 0.743. The molecule has 0 spiro atoms. The van der Waals surface area contributed by atoms with Crippen LogP contribution >= 0.6 is 15.9 Å². The molecule has 2 heteroatoms. The second-order valence-electron chi connectivity index (χ2n) is 5.70. The van der Waals surface area contributed by atoms with Gasteiger partial charge in [0.05, 0.1) is 0 Å². The smallest absolute Gasteiger partial charge is 0.0363 e. The highest BCUT2D eigenvalue weighted by Crippen LogP contribution is 2.24. The fraction of sp³-hybridized carbons (Fsp3) is 0.368. The molecule has 21 heavy (non-hydrogen) atoms. The molecule has 2 rings (SSSR count). The first-order chi connectivity index (χ1) is 10.1. The Bertz CT molecular complexity index is 592. The molecule has 112 valence electrons. The van der Waals surface area contributed by atoms with Gasteiger partial charge in [-0.05, 0) is 62.1 Å². The van der Waals surface area contributed by atoms with Crippen molar-refractivity contribution < 1.29 is 0 Å². The van der Waals surface area contributed by atoms with Gasteiger partial charge >= 0.3 is 0 Å². The highest BCUT2D eigenvalue weighted by Gasteiger charge is 2.14. The molecular formula is C19H24BrN. The summed E-state index contributed by atoms with van der Waals surface area (Å²) in [7, 11) is 0. The number of hydrogen-bond donors (Lipinski definition) is 1. The Kier molecular flexibility index (Phi) is 6.01. The molecule has 2 aromatic rings. The van der Waals surface area contributed by atoms with E-state index in [9.17, 15) is 0 Å². The predicted octanol–water partition coefficient (Wildman–Crippen LogP) is 5.35. The van der Waals surface area contributed by atoms with Gasteiger partial charge in [0.2, 0.25) is 0 Å². The average molecular weight is 346 g/mol. The number of benzene rings is 2. The Labute approximate surface area is 136 Å². The van der Waals surface area contributed by atoms with Gasteiger partial charge in [0.25, 0.3) is 0 Å². The van der Waals surface area contributed by atoms with Crippen LogP contribution < -0.4 is 5.32 Å². The third-order valence-electron chi connectivity index (χ3n) is 3.78. The molecule has 1 atom stereocenters. The molecule has 0 bridgehead atoms. The van der Waals surface area contributed by atoms with Gasteiger partial charge in [-0.15, -0.1) is 0 Å². The van der Waals surface area contributed by atoms with Gasteiger partial charge < -0.3 is 5.32 Å². The highest BCUT2D eigenvalue weighted by molar-refractivity contribution is 9.10. The van der Waals surface area contributed by atoms with Crippen LogP contribution in [-0.4, -0.2) is 6.54 Å². The molecule has 0 fully saturated rings. The van der Waals surface area contributed by atoms with Crippen molar-refractivity contribution >= 4 is 15.9 Å². The summed E-state index contributed by atoms with van der Waals surface area (Å²) >= 11 is 3.57. The second-order valence-corrected chi connectivity index (χ2v) is 6.62. The van der Waals surface area contributed by atoms with Crippen LogP contribution in [0.15, 0.2) is 46.9 Å². The van der Waals surface area contributed by atoms with Gasteiger partial charge in [-0.1, -0.05) is 58.7 Å². The standard InChI is InChI=1S/C19H24BrN/c1-4-10-21-19(13-16-6-5-7-17(20)12-16)18-11-14(2)8-9-15(18)3/h5-9,11-12,19,21H,4,10,13H2,1-3H3. The molecule has 0 aliphatic heterocycles. The van der Waals surface area contributed by atoms with Crippen molar-refractivity contribution in [1.82, 2.24) is 5.32 Å². The molecule has 1 N–H and O–H groups in total. The SMILES string of the molecule is CCCNC(Cc1cccc(Br)c1)c1cc(C)ccc1C. The van der Waals surface area contributed by atoms with E-state index in [1.165, 1.54) is 22.3 Å². The maximum atomic E-state index is 3.71. The van der Waals surface area contributed by atoms with Gasteiger partial charge in [-0.25, -0.2) is 0 Å². The molecule has 0 aliphatic carbocycles. The maximum Gasteiger partial charge on any atom is 0.0363 e. The summed E-state index contributed by atoms with van der Waals surface area (Å²) in [4.78, 5) is 0. The van der Waals surface area contributed by atoms with E-state index in [0.29, 0.717) is 6.04 Å². The second kappa shape index (κ2) is 7.77. The number of aryl methyl sites for hydroxylation is 2. The van der Waals surface area contributed by atoms with Crippen LogP contribution in [0, 0.1) is 13.8 Å². The Hall–Kier alpha value is -1.12. The summed E-state index contributed by atoms with van der Waals surface area (Å²) < 4.78 is 1.15. The predicted molar refractivity (Wildman–Crippen MR) is 94.8 cm³/mol. The molecule has 0 radical (unpaired) electrons. The zero-order valence-corrected chi connectivity index (χ0v) is 14.7. The first-order valence-electron chi connectivity index (χ1n) is 7.65. The van der Waals surface area contributed by atoms with E-state index in [-0.39, 0.29) is 0 Å². The number of hydrogen-bond acceptors (Lipinski definition) is 1. The van der Waals surface area contributed by atoms with Crippen molar-refractivity contribution in [2.45, 2.75) is 39.7 Å². The summed E-state index contributed by atoms with van der Waals surface area (Å²) in [5.41, 5.74) is 5.47. The summed E-state index contributed by atoms with van der Waals surface area (Å²) in [6.07, 6.45) is 2.17. The normalized spacial score (nSPS) is 12.4. The summed E-state index contributed by atoms with van der Waals surface area (Å²) in [6.45, 7) is 7.63. The van der Waals surface area contributed by atoms with E-state index >= 15 is 0 Å². The third-order valence-corrected chi connectivity index (χ3v) is 4.27. The van der Waals surface area contributed by atoms with Crippen molar-refractivity contribution in [3.8, 4) is 0 Å². The van der Waals surface area contributed by atoms with Crippen molar-refractivity contribution in [1.29, 1.82) is 0 Å². The first-order valence-corrected chi connectivity index (χ1v) is 8.44. The summed E-state index contributed by atoms with van der Waals surface area (Å²) in [5.74, 6) is 0. The molecule has 0 aliphatic rings. The van der Waals surface area contributed by atoms with E-state index in [1.54, 1.807) is 0 Å². The van der Waals surface area contributed by atoms with Crippen LogP contribution in [0.3, 0.4) is 0 Å². The van der Waals surface area contributed by atoms with Crippen LogP contribution in [0.25, 0.3) is 0 Å². The Morgan fingerprint density at radius 2 is 1.90 bits per heavy atom. The van der Waals surface area contributed by atoms with Crippen molar-refractivity contribution in [2.24, 2.45) is 0 Å². The zero-order valence-electron chi connectivity index (χ0n) is 13.1.